The zero-order chi connectivity index (χ0) is 18.5. The van der Waals surface area contributed by atoms with Crippen LogP contribution in [0.4, 0.5) is 0 Å². The van der Waals surface area contributed by atoms with Crippen LogP contribution in [-0.2, 0) is 16.1 Å². The monoisotopic (exact) mass is 375 g/mol. The molecule has 1 fully saturated rings. The largest absolute Gasteiger partial charge is 0.493 e. The predicted octanol–water partition coefficient (Wildman–Crippen LogP) is 3.11. The summed E-state index contributed by atoms with van der Waals surface area (Å²) in [5.74, 6) is 0.829. The maximum atomic E-state index is 12.7. The van der Waals surface area contributed by atoms with Gasteiger partial charge in [-0.15, -0.1) is 11.3 Å². The van der Waals surface area contributed by atoms with Gasteiger partial charge in [-0.25, -0.2) is 4.79 Å². The van der Waals surface area contributed by atoms with Crippen molar-refractivity contribution in [1.82, 2.24) is 4.90 Å². The summed E-state index contributed by atoms with van der Waals surface area (Å²) in [6.45, 7) is 0.911. The number of thiophene rings is 1. The molecule has 2 aromatic rings. The number of carbonyl (C=O) groups is 2. The van der Waals surface area contributed by atoms with Crippen molar-refractivity contribution < 1.29 is 23.8 Å². The Kier molecular flexibility index (Phi) is 5.78. The molecule has 0 spiro atoms. The first-order chi connectivity index (χ1) is 12.6. The second kappa shape index (κ2) is 8.23. The van der Waals surface area contributed by atoms with Crippen LogP contribution in [0.15, 0.2) is 35.7 Å². The Balaban J connectivity index is 1.66. The van der Waals surface area contributed by atoms with Crippen LogP contribution >= 0.6 is 11.3 Å². The smallest absolute Gasteiger partial charge is 0.328 e. The molecule has 0 N–H and O–H groups in total. The lowest BCUT2D eigenvalue weighted by Crippen LogP contribution is -2.40. The summed E-state index contributed by atoms with van der Waals surface area (Å²) >= 11 is 1.36. The van der Waals surface area contributed by atoms with E-state index in [1.54, 1.807) is 12.0 Å². The topological polar surface area (TPSA) is 65.1 Å². The second-order valence-corrected chi connectivity index (χ2v) is 6.85. The van der Waals surface area contributed by atoms with Crippen LogP contribution < -0.4 is 9.47 Å². The second-order valence-electron chi connectivity index (χ2n) is 5.94. The number of hydrogen-bond acceptors (Lipinski definition) is 6. The SMILES string of the molecule is COC(=O)C1CCCN1C(=O)c1cc(COc2ccccc2OC)cs1. The highest BCUT2D eigenvalue weighted by Crippen LogP contribution is 2.28. The fourth-order valence-corrected chi connectivity index (χ4v) is 3.85. The van der Waals surface area contributed by atoms with Gasteiger partial charge in [0.25, 0.3) is 5.91 Å². The Bertz CT molecular complexity index is 788. The summed E-state index contributed by atoms with van der Waals surface area (Å²) < 4.78 is 15.9. The Morgan fingerprint density at radius 1 is 1.23 bits per heavy atom. The minimum absolute atomic E-state index is 0.133. The third kappa shape index (κ3) is 3.83. The maximum absolute atomic E-state index is 12.7. The number of amides is 1. The van der Waals surface area contributed by atoms with Gasteiger partial charge in [-0.1, -0.05) is 12.1 Å². The Morgan fingerprint density at radius 2 is 2.00 bits per heavy atom. The zero-order valence-electron chi connectivity index (χ0n) is 14.8. The average Bonchev–Trinajstić information content (AvgIpc) is 3.35. The van der Waals surface area contributed by atoms with Crippen LogP contribution in [-0.4, -0.2) is 43.6 Å². The predicted molar refractivity (Wildman–Crippen MR) is 97.7 cm³/mol. The van der Waals surface area contributed by atoms with Crippen molar-refractivity contribution in [3.8, 4) is 11.5 Å². The van der Waals surface area contributed by atoms with E-state index in [-0.39, 0.29) is 11.9 Å². The lowest BCUT2D eigenvalue weighted by molar-refractivity contribution is -0.145. The van der Waals surface area contributed by atoms with E-state index in [4.69, 9.17) is 14.2 Å². The number of benzene rings is 1. The Labute approximate surface area is 156 Å². The molecule has 1 aromatic carbocycles. The summed E-state index contributed by atoms with van der Waals surface area (Å²) in [7, 11) is 2.94. The van der Waals surface area contributed by atoms with E-state index in [1.165, 1.54) is 18.4 Å². The first kappa shape index (κ1) is 18.3. The van der Waals surface area contributed by atoms with E-state index in [1.807, 2.05) is 35.7 Å². The van der Waals surface area contributed by atoms with Crippen molar-refractivity contribution >= 4 is 23.2 Å². The van der Waals surface area contributed by atoms with E-state index in [0.29, 0.717) is 35.9 Å². The highest BCUT2D eigenvalue weighted by molar-refractivity contribution is 7.12. The third-order valence-corrected chi connectivity index (χ3v) is 5.28. The first-order valence-corrected chi connectivity index (χ1v) is 9.24. The van der Waals surface area contributed by atoms with Gasteiger partial charge in [0.15, 0.2) is 11.5 Å². The zero-order valence-corrected chi connectivity index (χ0v) is 15.6. The van der Waals surface area contributed by atoms with Gasteiger partial charge in [-0.05, 0) is 36.4 Å². The molecule has 0 bridgehead atoms. The molecule has 2 heterocycles. The number of esters is 1. The molecule has 3 rings (SSSR count). The van der Waals surface area contributed by atoms with Crippen LogP contribution in [0, 0.1) is 0 Å². The minimum atomic E-state index is -0.483. The molecule has 7 heteroatoms. The van der Waals surface area contributed by atoms with E-state index in [9.17, 15) is 9.59 Å². The summed E-state index contributed by atoms with van der Waals surface area (Å²) in [5, 5.41) is 1.89. The fourth-order valence-electron chi connectivity index (χ4n) is 2.99. The molecule has 0 radical (unpaired) electrons. The highest BCUT2D eigenvalue weighted by atomic mass is 32.1. The molecule has 1 saturated heterocycles. The normalized spacial score (nSPS) is 16.4. The molecular weight excluding hydrogens is 354 g/mol. The molecule has 1 aliphatic rings. The van der Waals surface area contributed by atoms with Crippen molar-refractivity contribution in [3.63, 3.8) is 0 Å². The fraction of sp³-hybridized carbons (Fsp3) is 0.368. The van der Waals surface area contributed by atoms with Crippen LogP contribution in [0.5, 0.6) is 11.5 Å². The Morgan fingerprint density at radius 3 is 2.73 bits per heavy atom. The summed E-state index contributed by atoms with van der Waals surface area (Å²) in [6.07, 6.45) is 1.45. The molecule has 6 nitrogen and oxygen atoms in total. The number of rotatable bonds is 6. The lowest BCUT2D eigenvalue weighted by Gasteiger charge is -2.21. The molecule has 26 heavy (non-hydrogen) atoms. The standard InChI is InChI=1S/C19H21NO5S/c1-23-15-7-3-4-8-16(15)25-11-13-10-17(26-12-13)18(21)20-9-5-6-14(20)19(22)24-2/h3-4,7-8,10,12,14H,5-6,9,11H2,1-2H3. The van der Waals surface area contributed by atoms with E-state index in [2.05, 4.69) is 0 Å². The van der Waals surface area contributed by atoms with Crippen molar-refractivity contribution in [3.05, 3.63) is 46.2 Å². The molecular formula is C19H21NO5S. The van der Waals surface area contributed by atoms with Crippen molar-refractivity contribution in [2.24, 2.45) is 0 Å². The summed E-state index contributed by atoms with van der Waals surface area (Å²) in [6, 6.07) is 8.75. The van der Waals surface area contributed by atoms with Crippen LogP contribution in [0.1, 0.15) is 28.1 Å². The lowest BCUT2D eigenvalue weighted by atomic mass is 10.2. The number of methoxy groups -OCH3 is 2. The van der Waals surface area contributed by atoms with Crippen LogP contribution in [0.2, 0.25) is 0 Å². The van der Waals surface area contributed by atoms with Crippen LogP contribution in [0.3, 0.4) is 0 Å². The number of hydrogen-bond donors (Lipinski definition) is 0. The van der Waals surface area contributed by atoms with E-state index >= 15 is 0 Å². The highest BCUT2D eigenvalue weighted by Gasteiger charge is 2.35. The average molecular weight is 375 g/mol. The van der Waals surface area contributed by atoms with Crippen LogP contribution in [0.25, 0.3) is 0 Å². The molecule has 1 unspecified atom stereocenters. The molecule has 1 amide bonds. The van der Waals surface area contributed by atoms with E-state index in [0.717, 1.165) is 12.0 Å². The van der Waals surface area contributed by atoms with Crippen molar-refractivity contribution in [2.75, 3.05) is 20.8 Å². The molecule has 138 valence electrons. The maximum Gasteiger partial charge on any atom is 0.328 e. The minimum Gasteiger partial charge on any atom is -0.493 e. The number of ether oxygens (including phenoxy) is 3. The third-order valence-electron chi connectivity index (χ3n) is 4.31. The van der Waals surface area contributed by atoms with Gasteiger partial charge in [0.2, 0.25) is 0 Å². The van der Waals surface area contributed by atoms with E-state index < -0.39 is 6.04 Å². The molecule has 1 aliphatic heterocycles. The number of likely N-dealkylation sites (tertiary alicyclic amines) is 1. The van der Waals surface area contributed by atoms with Gasteiger partial charge in [-0.2, -0.15) is 0 Å². The number of nitrogens with zero attached hydrogens (tertiary/aromatic N) is 1. The van der Waals surface area contributed by atoms with Gasteiger partial charge in [0.05, 0.1) is 19.1 Å². The van der Waals surface area contributed by atoms with Gasteiger partial charge in [-0.3, -0.25) is 4.79 Å². The molecule has 0 saturated carbocycles. The van der Waals surface area contributed by atoms with Crippen molar-refractivity contribution in [1.29, 1.82) is 0 Å². The van der Waals surface area contributed by atoms with Gasteiger partial charge < -0.3 is 19.1 Å². The quantitative estimate of drug-likeness (QED) is 0.726. The summed E-state index contributed by atoms with van der Waals surface area (Å²) in [4.78, 5) is 26.8. The van der Waals surface area contributed by atoms with Gasteiger partial charge in [0.1, 0.15) is 12.6 Å². The number of para-hydroxylation sites is 2. The molecule has 1 aromatic heterocycles. The number of carbonyl (C=O) groups excluding carboxylic acids is 2. The van der Waals surface area contributed by atoms with Gasteiger partial charge in [0, 0.05) is 12.1 Å². The van der Waals surface area contributed by atoms with Crippen molar-refractivity contribution in [2.45, 2.75) is 25.5 Å². The van der Waals surface area contributed by atoms with Gasteiger partial charge >= 0.3 is 5.97 Å². The molecule has 1 atom stereocenters. The summed E-state index contributed by atoms with van der Waals surface area (Å²) in [5.41, 5.74) is 0.901. The molecule has 0 aliphatic carbocycles. The Hall–Kier alpha value is -2.54. The first-order valence-electron chi connectivity index (χ1n) is 8.36.